The van der Waals surface area contributed by atoms with Gasteiger partial charge in [-0.2, -0.15) is 0 Å². The third-order valence-corrected chi connectivity index (χ3v) is 2.00. The first kappa shape index (κ1) is 10.9. The third kappa shape index (κ3) is 2.97. The summed E-state index contributed by atoms with van der Waals surface area (Å²) in [4.78, 5) is 7.72. The van der Waals surface area contributed by atoms with E-state index in [0.717, 1.165) is 0 Å². The fraction of sp³-hybridized carbons (Fsp3) is 0.125. The molecule has 0 aliphatic rings. The Hall–Kier alpha value is -1.13. The molecule has 0 aliphatic heterocycles. The normalized spacial score (nSPS) is 10.7. The first-order valence-electron chi connectivity index (χ1n) is 3.74. The summed E-state index contributed by atoms with van der Waals surface area (Å²) >= 11 is 11.6. The van der Waals surface area contributed by atoms with Gasteiger partial charge in [-0.25, -0.2) is 4.98 Å². The molecule has 4 nitrogen and oxygen atoms in total. The molecule has 0 atom stereocenters. The van der Waals surface area contributed by atoms with Crippen LogP contribution in [0, 0.1) is 5.41 Å². The van der Waals surface area contributed by atoms with Crippen LogP contribution in [0.3, 0.4) is 0 Å². The van der Waals surface area contributed by atoms with Crippen LogP contribution in [0.5, 0.6) is 0 Å². The van der Waals surface area contributed by atoms with Crippen molar-refractivity contribution in [2.24, 2.45) is 10.7 Å². The second kappa shape index (κ2) is 4.93. The predicted molar refractivity (Wildman–Crippen MR) is 58.6 cm³/mol. The lowest BCUT2D eigenvalue weighted by Crippen LogP contribution is -2.13. The average Bonchev–Trinajstić information content (AvgIpc) is 2.09. The van der Waals surface area contributed by atoms with Crippen LogP contribution in [0.1, 0.15) is 5.56 Å². The summed E-state index contributed by atoms with van der Waals surface area (Å²) in [5.41, 5.74) is 5.66. The van der Waals surface area contributed by atoms with E-state index < -0.39 is 0 Å². The lowest BCUT2D eigenvalue weighted by molar-refractivity contribution is 1.23. The molecule has 1 aromatic heterocycles. The number of pyridine rings is 1. The number of nitrogens with one attached hydrogen (secondary N) is 1. The fourth-order valence-corrected chi connectivity index (χ4v) is 1.23. The van der Waals surface area contributed by atoms with E-state index in [9.17, 15) is 0 Å². The molecule has 0 saturated carbocycles. The molecule has 1 heterocycles. The largest absolute Gasteiger partial charge is 0.386 e. The molecule has 0 aliphatic carbocycles. The maximum atomic E-state index is 6.95. The molecule has 0 amide bonds. The molecular formula is C8H8Cl2N4. The number of halogens is 2. The van der Waals surface area contributed by atoms with Crippen LogP contribution in [0.4, 0.5) is 0 Å². The van der Waals surface area contributed by atoms with Crippen molar-refractivity contribution in [1.29, 1.82) is 5.41 Å². The van der Waals surface area contributed by atoms with Crippen molar-refractivity contribution < 1.29 is 0 Å². The Labute approximate surface area is 91.3 Å². The van der Waals surface area contributed by atoms with E-state index in [0.29, 0.717) is 10.6 Å². The molecule has 0 radical (unpaired) electrons. The molecule has 1 rings (SSSR count). The van der Waals surface area contributed by atoms with Gasteiger partial charge in [-0.1, -0.05) is 23.2 Å². The number of aromatic nitrogens is 1. The van der Waals surface area contributed by atoms with Crippen LogP contribution in [-0.2, 0) is 0 Å². The minimum absolute atomic E-state index is 0.0163. The van der Waals surface area contributed by atoms with Gasteiger partial charge in [0.25, 0.3) is 0 Å². The minimum Gasteiger partial charge on any atom is -0.386 e. The SMILES string of the molecule is N=C(N)CN=Cc1c(Cl)ccnc1Cl. The van der Waals surface area contributed by atoms with Gasteiger partial charge in [0.1, 0.15) is 11.0 Å². The zero-order chi connectivity index (χ0) is 10.6. The van der Waals surface area contributed by atoms with Crippen molar-refractivity contribution >= 4 is 35.3 Å². The highest BCUT2D eigenvalue weighted by atomic mass is 35.5. The van der Waals surface area contributed by atoms with E-state index in [4.69, 9.17) is 34.3 Å². The standard InChI is InChI=1S/C8H8Cl2N4/c9-6-1-2-14-8(10)5(6)3-13-4-7(11)12/h1-3H,4H2,(H3,11,12). The average molecular weight is 231 g/mol. The predicted octanol–water partition coefficient (Wildman–Crippen LogP) is 1.74. The number of hydrogen-bond donors (Lipinski definition) is 2. The van der Waals surface area contributed by atoms with Gasteiger partial charge >= 0.3 is 0 Å². The Kier molecular flexibility index (Phi) is 3.85. The number of nitrogens with zero attached hydrogens (tertiary/aromatic N) is 2. The number of amidine groups is 1. The third-order valence-electron chi connectivity index (χ3n) is 1.37. The highest BCUT2D eigenvalue weighted by molar-refractivity contribution is 6.37. The Bertz CT molecular complexity index is 355. The second-order valence-corrected chi connectivity index (χ2v) is 3.26. The summed E-state index contributed by atoms with van der Waals surface area (Å²) in [5.74, 6) is -0.0163. The van der Waals surface area contributed by atoms with Crippen molar-refractivity contribution in [3.63, 3.8) is 0 Å². The molecule has 0 bridgehead atoms. The summed E-state index contributed by atoms with van der Waals surface area (Å²) in [7, 11) is 0. The molecule has 0 spiro atoms. The zero-order valence-corrected chi connectivity index (χ0v) is 8.68. The minimum atomic E-state index is -0.0163. The Morgan fingerprint density at radius 1 is 1.64 bits per heavy atom. The molecule has 1 aromatic rings. The molecule has 6 heteroatoms. The fourth-order valence-electron chi connectivity index (χ4n) is 0.776. The summed E-state index contributed by atoms with van der Waals surface area (Å²) in [6.07, 6.45) is 2.96. The smallest absolute Gasteiger partial charge is 0.139 e. The van der Waals surface area contributed by atoms with Gasteiger partial charge in [-0.3, -0.25) is 10.4 Å². The van der Waals surface area contributed by atoms with Crippen LogP contribution in [0.2, 0.25) is 10.2 Å². The molecule has 3 N–H and O–H groups in total. The van der Waals surface area contributed by atoms with E-state index in [2.05, 4.69) is 9.98 Å². The number of nitrogens with two attached hydrogens (primary N) is 1. The van der Waals surface area contributed by atoms with E-state index >= 15 is 0 Å². The van der Waals surface area contributed by atoms with Crippen LogP contribution in [-0.4, -0.2) is 23.6 Å². The monoisotopic (exact) mass is 230 g/mol. The van der Waals surface area contributed by atoms with Gasteiger partial charge < -0.3 is 5.73 Å². The number of hydrogen-bond acceptors (Lipinski definition) is 3. The van der Waals surface area contributed by atoms with Crippen molar-refractivity contribution in [3.8, 4) is 0 Å². The molecule has 0 fully saturated rings. The molecule has 0 saturated heterocycles. The van der Waals surface area contributed by atoms with Crippen LogP contribution >= 0.6 is 23.2 Å². The van der Waals surface area contributed by atoms with Crippen LogP contribution in [0.25, 0.3) is 0 Å². The van der Waals surface area contributed by atoms with Crippen LogP contribution < -0.4 is 5.73 Å². The highest BCUT2D eigenvalue weighted by Crippen LogP contribution is 2.19. The van der Waals surface area contributed by atoms with Gasteiger partial charge in [-0.05, 0) is 6.07 Å². The zero-order valence-electron chi connectivity index (χ0n) is 7.17. The number of aliphatic imine (C=N–C) groups is 1. The van der Waals surface area contributed by atoms with Crippen molar-refractivity contribution in [1.82, 2.24) is 4.98 Å². The Balaban J connectivity index is 2.85. The summed E-state index contributed by atoms with van der Waals surface area (Å²) in [6, 6.07) is 1.61. The maximum absolute atomic E-state index is 6.95. The molecule has 14 heavy (non-hydrogen) atoms. The lowest BCUT2D eigenvalue weighted by Gasteiger charge is -1.98. The van der Waals surface area contributed by atoms with E-state index in [1.807, 2.05) is 0 Å². The summed E-state index contributed by atoms with van der Waals surface area (Å²) < 4.78 is 0. The molecule has 0 unspecified atom stereocenters. The topological polar surface area (TPSA) is 75.1 Å². The van der Waals surface area contributed by atoms with Crippen molar-refractivity contribution in [2.45, 2.75) is 0 Å². The lowest BCUT2D eigenvalue weighted by atomic mass is 10.3. The first-order valence-corrected chi connectivity index (χ1v) is 4.49. The second-order valence-electron chi connectivity index (χ2n) is 2.49. The van der Waals surface area contributed by atoms with Gasteiger partial charge in [0.2, 0.25) is 0 Å². The molecular weight excluding hydrogens is 223 g/mol. The maximum Gasteiger partial charge on any atom is 0.139 e. The Morgan fingerprint density at radius 3 is 2.93 bits per heavy atom. The molecule has 0 aromatic carbocycles. The first-order chi connectivity index (χ1) is 6.61. The van der Waals surface area contributed by atoms with E-state index in [1.165, 1.54) is 12.4 Å². The molecule has 74 valence electrons. The summed E-state index contributed by atoms with van der Waals surface area (Å²) in [5, 5.41) is 7.70. The van der Waals surface area contributed by atoms with Gasteiger partial charge in [0.05, 0.1) is 11.6 Å². The van der Waals surface area contributed by atoms with Crippen molar-refractivity contribution in [2.75, 3.05) is 6.54 Å². The van der Waals surface area contributed by atoms with Gasteiger partial charge in [-0.15, -0.1) is 0 Å². The van der Waals surface area contributed by atoms with Gasteiger partial charge in [0, 0.05) is 18.0 Å². The summed E-state index contributed by atoms with van der Waals surface area (Å²) in [6.45, 7) is 0.127. The van der Waals surface area contributed by atoms with Crippen molar-refractivity contribution in [3.05, 3.63) is 28.0 Å². The number of rotatable bonds is 3. The van der Waals surface area contributed by atoms with E-state index in [1.54, 1.807) is 6.07 Å². The van der Waals surface area contributed by atoms with Crippen LogP contribution in [0.15, 0.2) is 17.3 Å². The van der Waals surface area contributed by atoms with E-state index in [-0.39, 0.29) is 17.5 Å². The quantitative estimate of drug-likeness (QED) is 0.472. The van der Waals surface area contributed by atoms with Gasteiger partial charge in [0.15, 0.2) is 0 Å². The Morgan fingerprint density at radius 2 is 2.36 bits per heavy atom. The highest BCUT2D eigenvalue weighted by Gasteiger charge is 2.02.